The Morgan fingerprint density at radius 3 is 2.06 bits per heavy atom. The Balaban J connectivity index is 3.25. The van der Waals surface area contributed by atoms with E-state index >= 15 is 0 Å². The van der Waals surface area contributed by atoms with Gasteiger partial charge in [-0.1, -0.05) is 51.7 Å². The minimum absolute atomic E-state index is 0.494. The van der Waals surface area contributed by atoms with E-state index < -0.39 is 0 Å². The first-order chi connectivity index (χ1) is 8.85. The average molecular weight is 254 g/mol. The molecule has 0 aliphatic carbocycles. The highest BCUT2D eigenvalue weighted by Crippen LogP contribution is 2.10. The number of unbranched alkanes of at least 4 members (excludes halogenated alkanes) is 6. The zero-order valence-corrected chi connectivity index (χ0v) is 12.9. The van der Waals surface area contributed by atoms with Gasteiger partial charge in [-0.05, 0) is 45.4 Å². The Morgan fingerprint density at radius 2 is 1.50 bits per heavy atom. The molecule has 18 heavy (non-hydrogen) atoms. The molecule has 0 saturated carbocycles. The van der Waals surface area contributed by atoms with Crippen molar-refractivity contribution in [3.8, 4) is 0 Å². The first kappa shape index (κ1) is 17.7. The Labute approximate surface area is 115 Å². The van der Waals surface area contributed by atoms with E-state index in [9.17, 15) is 0 Å². The first-order valence-corrected chi connectivity index (χ1v) is 8.11. The Kier molecular flexibility index (Phi) is 14.5. The van der Waals surface area contributed by atoms with Crippen molar-refractivity contribution in [2.75, 3.05) is 6.61 Å². The summed E-state index contributed by atoms with van der Waals surface area (Å²) in [5.74, 6) is 0. The third kappa shape index (κ3) is 12.2. The van der Waals surface area contributed by atoms with Crippen LogP contribution in [-0.4, -0.2) is 12.7 Å². The summed E-state index contributed by atoms with van der Waals surface area (Å²) < 4.78 is 5.66. The Morgan fingerprint density at radius 1 is 0.833 bits per heavy atom. The monoisotopic (exact) mass is 254 g/mol. The second-order valence-electron chi connectivity index (χ2n) is 5.09. The molecule has 1 nitrogen and oxygen atoms in total. The maximum absolute atomic E-state index is 5.66. The predicted octanol–water partition coefficient (Wildman–Crippen LogP) is 5.89. The van der Waals surface area contributed by atoms with Gasteiger partial charge in [0.2, 0.25) is 0 Å². The lowest BCUT2D eigenvalue weighted by Crippen LogP contribution is -2.11. The van der Waals surface area contributed by atoms with Crippen molar-refractivity contribution in [2.45, 2.75) is 91.1 Å². The zero-order valence-electron chi connectivity index (χ0n) is 12.9. The summed E-state index contributed by atoms with van der Waals surface area (Å²) in [6.45, 7) is 7.43. The van der Waals surface area contributed by atoms with Crippen LogP contribution in [-0.2, 0) is 4.74 Å². The smallest absolute Gasteiger partial charge is 0.0572 e. The molecular formula is C17H34O. The minimum atomic E-state index is 0.494. The molecule has 0 aromatic heterocycles. The topological polar surface area (TPSA) is 9.23 Å². The van der Waals surface area contributed by atoms with Crippen LogP contribution in [0.3, 0.4) is 0 Å². The number of hydrogen-bond acceptors (Lipinski definition) is 1. The van der Waals surface area contributed by atoms with Crippen molar-refractivity contribution in [1.82, 2.24) is 0 Å². The summed E-state index contributed by atoms with van der Waals surface area (Å²) in [5, 5.41) is 0. The maximum Gasteiger partial charge on any atom is 0.0572 e. The van der Waals surface area contributed by atoms with E-state index in [0.29, 0.717) is 6.10 Å². The van der Waals surface area contributed by atoms with Gasteiger partial charge in [0.1, 0.15) is 0 Å². The van der Waals surface area contributed by atoms with Gasteiger partial charge in [-0.2, -0.15) is 0 Å². The van der Waals surface area contributed by atoms with E-state index in [1.54, 1.807) is 0 Å². The van der Waals surface area contributed by atoms with Crippen LogP contribution in [0.15, 0.2) is 12.2 Å². The van der Waals surface area contributed by atoms with Crippen LogP contribution in [0, 0.1) is 0 Å². The molecule has 108 valence electrons. The summed E-state index contributed by atoms with van der Waals surface area (Å²) in [6.07, 6.45) is 18.2. The molecule has 0 aliphatic rings. The van der Waals surface area contributed by atoms with E-state index in [4.69, 9.17) is 4.74 Å². The molecule has 0 bridgehead atoms. The second kappa shape index (κ2) is 14.8. The van der Waals surface area contributed by atoms with Gasteiger partial charge in [0.25, 0.3) is 0 Å². The summed E-state index contributed by atoms with van der Waals surface area (Å²) in [4.78, 5) is 0. The molecule has 0 N–H and O–H groups in total. The van der Waals surface area contributed by atoms with E-state index in [-0.39, 0.29) is 0 Å². The highest BCUT2D eigenvalue weighted by atomic mass is 16.5. The van der Waals surface area contributed by atoms with Gasteiger partial charge in [0.05, 0.1) is 6.10 Å². The van der Waals surface area contributed by atoms with E-state index in [1.807, 2.05) is 0 Å². The summed E-state index contributed by atoms with van der Waals surface area (Å²) >= 11 is 0. The lowest BCUT2D eigenvalue weighted by Gasteiger charge is -2.13. The molecule has 0 saturated heterocycles. The van der Waals surface area contributed by atoms with Crippen LogP contribution >= 0.6 is 0 Å². The summed E-state index contributed by atoms with van der Waals surface area (Å²) in [7, 11) is 0. The summed E-state index contributed by atoms with van der Waals surface area (Å²) in [5.41, 5.74) is 0. The highest BCUT2D eigenvalue weighted by molar-refractivity contribution is 4.81. The highest BCUT2D eigenvalue weighted by Gasteiger charge is 2.03. The van der Waals surface area contributed by atoms with Gasteiger partial charge in [-0.15, -0.1) is 0 Å². The molecule has 0 amide bonds. The quantitative estimate of drug-likeness (QED) is 0.294. The number of allylic oxidation sites excluding steroid dienone is 2. The maximum atomic E-state index is 5.66. The van der Waals surface area contributed by atoms with Gasteiger partial charge < -0.3 is 4.74 Å². The standard InChI is InChI=1S/C17H34O/c1-4-7-8-9-10-11-12-13-14-15-16-17(5-2)18-6-3/h11-12,17H,4-10,13-16H2,1-3H3. The fourth-order valence-corrected chi connectivity index (χ4v) is 2.20. The molecule has 0 spiro atoms. The van der Waals surface area contributed by atoms with Crippen molar-refractivity contribution in [3.63, 3.8) is 0 Å². The predicted molar refractivity (Wildman–Crippen MR) is 82.1 cm³/mol. The van der Waals surface area contributed by atoms with Gasteiger partial charge in [-0.3, -0.25) is 0 Å². The molecule has 0 radical (unpaired) electrons. The van der Waals surface area contributed by atoms with Crippen LogP contribution in [0.2, 0.25) is 0 Å². The fraction of sp³-hybridized carbons (Fsp3) is 0.882. The van der Waals surface area contributed by atoms with Gasteiger partial charge in [-0.25, -0.2) is 0 Å². The first-order valence-electron chi connectivity index (χ1n) is 8.11. The number of rotatable bonds is 13. The van der Waals surface area contributed by atoms with Crippen LogP contribution in [0.1, 0.15) is 85.0 Å². The third-order valence-electron chi connectivity index (χ3n) is 3.40. The molecule has 0 aromatic carbocycles. The lowest BCUT2D eigenvalue weighted by atomic mass is 10.1. The Hall–Kier alpha value is -0.300. The lowest BCUT2D eigenvalue weighted by molar-refractivity contribution is 0.0525. The molecular weight excluding hydrogens is 220 g/mol. The van der Waals surface area contributed by atoms with Gasteiger partial charge in [0.15, 0.2) is 0 Å². The van der Waals surface area contributed by atoms with Crippen LogP contribution < -0.4 is 0 Å². The van der Waals surface area contributed by atoms with Crippen molar-refractivity contribution >= 4 is 0 Å². The molecule has 0 heterocycles. The molecule has 1 heteroatoms. The molecule has 0 rings (SSSR count). The minimum Gasteiger partial charge on any atom is -0.379 e. The molecule has 0 aromatic rings. The molecule has 1 atom stereocenters. The SMILES string of the molecule is CCCCCCC=CCCCCC(CC)OCC. The van der Waals surface area contributed by atoms with Crippen molar-refractivity contribution < 1.29 is 4.74 Å². The van der Waals surface area contributed by atoms with Crippen molar-refractivity contribution in [1.29, 1.82) is 0 Å². The number of ether oxygens (including phenoxy) is 1. The second-order valence-corrected chi connectivity index (χ2v) is 5.09. The third-order valence-corrected chi connectivity index (χ3v) is 3.40. The van der Waals surface area contributed by atoms with Crippen LogP contribution in [0.4, 0.5) is 0 Å². The molecule has 0 aliphatic heterocycles. The van der Waals surface area contributed by atoms with E-state index in [1.165, 1.54) is 57.8 Å². The van der Waals surface area contributed by atoms with Crippen molar-refractivity contribution in [3.05, 3.63) is 12.2 Å². The van der Waals surface area contributed by atoms with E-state index in [2.05, 4.69) is 32.9 Å². The largest absolute Gasteiger partial charge is 0.379 e. The van der Waals surface area contributed by atoms with Crippen molar-refractivity contribution in [2.24, 2.45) is 0 Å². The average Bonchev–Trinajstić information content (AvgIpc) is 2.39. The fourth-order valence-electron chi connectivity index (χ4n) is 2.20. The van der Waals surface area contributed by atoms with Crippen LogP contribution in [0.25, 0.3) is 0 Å². The van der Waals surface area contributed by atoms with Crippen LogP contribution in [0.5, 0.6) is 0 Å². The van der Waals surface area contributed by atoms with Gasteiger partial charge in [0, 0.05) is 6.61 Å². The van der Waals surface area contributed by atoms with E-state index in [0.717, 1.165) is 13.0 Å². The summed E-state index contributed by atoms with van der Waals surface area (Å²) in [6, 6.07) is 0. The Bertz CT molecular complexity index is 174. The normalized spacial score (nSPS) is 13.3. The molecule has 0 fully saturated rings. The molecule has 1 unspecified atom stereocenters. The zero-order chi connectivity index (χ0) is 13.5. The van der Waals surface area contributed by atoms with Gasteiger partial charge >= 0.3 is 0 Å². The number of hydrogen-bond donors (Lipinski definition) is 0.